The van der Waals surface area contributed by atoms with Gasteiger partial charge in [-0.15, -0.1) is 0 Å². The Hall–Kier alpha value is -1.02. The van der Waals surface area contributed by atoms with Crippen LogP contribution in [0, 0.1) is 6.92 Å². The molecule has 0 aliphatic rings. The second-order valence-corrected chi connectivity index (χ2v) is 3.92. The molecule has 2 nitrogen and oxygen atoms in total. The molecule has 0 aliphatic heterocycles. The van der Waals surface area contributed by atoms with Crippen molar-refractivity contribution in [2.75, 3.05) is 18.0 Å². The molecule has 2 N–H and O–H groups in total. The van der Waals surface area contributed by atoms with E-state index in [9.17, 15) is 0 Å². The quantitative estimate of drug-likeness (QED) is 0.802. The Morgan fingerprint density at radius 3 is 2.53 bits per heavy atom. The average molecular weight is 206 g/mol. The van der Waals surface area contributed by atoms with Crippen LogP contribution in [0.1, 0.15) is 31.4 Å². The summed E-state index contributed by atoms with van der Waals surface area (Å²) < 4.78 is 0. The molecular weight excluding hydrogens is 184 g/mol. The van der Waals surface area contributed by atoms with Gasteiger partial charge in [-0.25, -0.2) is 0 Å². The minimum Gasteiger partial charge on any atom is -0.372 e. The predicted molar refractivity (Wildman–Crippen MR) is 67.2 cm³/mol. The van der Waals surface area contributed by atoms with E-state index in [4.69, 9.17) is 5.73 Å². The first-order valence-electron chi connectivity index (χ1n) is 5.77. The van der Waals surface area contributed by atoms with Crippen molar-refractivity contribution in [3.63, 3.8) is 0 Å². The Bertz CT molecular complexity index is 307. The lowest BCUT2D eigenvalue weighted by molar-refractivity contribution is 0.785. The maximum atomic E-state index is 5.78. The monoisotopic (exact) mass is 206 g/mol. The summed E-state index contributed by atoms with van der Waals surface area (Å²) in [4.78, 5) is 2.39. The zero-order chi connectivity index (χ0) is 11.3. The summed E-state index contributed by atoms with van der Waals surface area (Å²) in [5, 5.41) is 0. The fourth-order valence-electron chi connectivity index (χ4n) is 1.91. The fourth-order valence-corrected chi connectivity index (χ4v) is 1.91. The average Bonchev–Trinajstić information content (AvgIpc) is 2.26. The second-order valence-electron chi connectivity index (χ2n) is 3.92. The molecule has 0 amide bonds. The molecule has 0 atom stereocenters. The number of benzene rings is 1. The van der Waals surface area contributed by atoms with Crippen molar-refractivity contribution in [2.24, 2.45) is 5.73 Å². The highest BCUT2D eigenvalue weighted by Crippen LogP contribution is 2.21. The van der Waals surface area contributed by atoms with Gasteiger partial charge in [0.05, 0.1) is 0 Å². The topological polar surface area (TPSA) is 29.3 Å². The highest BCUT2D eigenvalue weighted by molar-refractivity contribution is 5.54. The van der Waals surface area contributed by atoms with Gasteiger partial charge in [-0.1, -0.05) is 24.6 Å². The van der Waals surface area contributed by atoms with Gasteiger partial charge >= 0.3 is 0 Å². The van der Waals surface area contributed by atoms with Crippen LogP contribution in [0.4, 0.5) is 5.69 Å². The van der Waals surface area contributed by atoms with E-state index in [1.54, 1.807) is 0 Å². The Morgan fingerprint density at radius 1 is 1.27 bits per heavy atom. The fraction of sp³-hybridized carbons (Fsp3) is 0.538. The number of rotatable bonds is 5. The van der Waals surface area contributed by atoms with E-state index in [0.717, 1.165) is 13.1 Å². The molecular formula is C13H22N2. The SMILES string of the molecule is CCCN(CC)c1ccc(C)cc1CN. The molecule has 0 unspecified atom stereocenters. The van der Waals surface area contributed by atoms with Crippen molar-refractivity contribution in [1.82, 2.24) is 0 Å². The number of nitrogens with two attached hydrogens (primary N) is 1. The number of aryl methyl sites for hydroxylation is 1. The third-order valence-corrected chi connectivity index (χ3v) is 2.67. The van der Waals surface area contributed by atoms with Crippen molar-refractivity contribution < 1.29 is 0 Å². The minimum absolute atomic E-state index is 0.622. The standard InChI is InChI=1S/C13H22N2/c1-4-8-15(5-2)13-7-6-11(3)9-12(13)10-14/h6-7,9H,4-5,8,10,14H2,1-3H3. The van der Waals surface area contributed by atoms with Crippen LogP contribution in [0.2, 0.25) is 0 Å². The molecule has 1 aromatic rings. The lowest BCUT2D eigenvalue weighted by atomic mass is 10.1. The molecule has 0 radical (unpaired) electrons. The largest absolute Gasteiger partial charge is 0.372 e. The van der Waals surface area contributed by atoms with Crippen LogP contribution < -0.4 is 10.6 Å². The summed E-state index contributed by atoms with van der Waals surface area (Å²) in [6.45, 7) is 9.28. The van der Waals surface area contributed by atoms with Gasteiger partial charge in [0, 0.05) is 25.3 Å². The number of nitrogens with zero attached hydrogens (tertiary/aromatic N) is 1. The molecule has 15 heavy (non-hydrogen) atoms. The molecule has 2 heteroatoms. The normalized spacial score (nSPS) is 10.4. The Labute approximate surface area is 93.1 Å². The third-order valence-electron chi connectivity index (χ3n) is 2.67. The van der Waals surface area contributed by atoms with Crippen LogP contribution in [-0.2, 0) is 6.54 Å². The van der Waals surface area contributed by atoms with Gasteiger partial charge in [0.25, 0.3) is 0 Å². The predicted octanol–water partition coefficient (Wildman–Crippen LogP) is 2.69. The summed E-state index contributed by atoms with van der Waals surface area (Å²) in [7, 11) is 0. The van der Waals surface area contributed by atoms with Gasteiger partial charge in [0.2, 0.25) is 0 Å². The number of hydrogen-bond donors (Lipinski definition) is 1. The Kier molecular flexibility index (Phi) is 4.63. The van der Waals surface area contributed by atoms with Crippen molar-refractivity contribution in [1.29, 1.82) is 0 Å². The van der Waals surface area contributed by atoms with Gasteiger partial charge in [-0.05, 0) is 31.9 Å². The molecule has 0 saturated heterocycles. The first-order valence-corrected chi connectivity index (χ1v) is 5.77. The highest BCUT2D eigenvalue weighted by atomic mass is 15.1. The van der Waals surface area contributed by atoms with Crippen molar-refractivity contribution >= 4 is 5.69 Å². The van der Waals surface area contributed by atoms with Crippen LogP contribution in [0.15, 0.2) is 18.2 Å². The van der Waals surface area contributed by atoms with Gasteiger partial charge in [0.1, 0.15) is 0 Å². The Morgan fingerprint density at radius 2 is 2.00 bits per heavy atom. The van der Waals surface area contributed by atoms with Gasteiger partial charge in [-0.2, -0.15) is 0 Å². The molecule has 0 bridgehead atoms. The molecule has 0 heterocycles. The number of hydrogen-bond acceptors (Lipinski definition) is 2. The number of anilines is 1. The first-order chi connectivity index (χ1) is 7.22. The van der Waals surface area contributed by atoms with Gasteiger partial charge in [0.15, 0.2) is 0 Å². The zero-order valence-corrected chi connectivity index (χ0v) is 10.1. The van der Waals surface area contributed by atoms with E-state index in [2.05, 4.69) is 43.9 Å². The highest BCUT2D eigenvalue weighted by Gasteiger charge is 2.07. The van der Waals surface area contributed by atoms with E-state index < -0.39 is 0 Å². The summed E-state index contributed by atoms with van der Waals surface area (Å²) in [6, 6.07) is 6.54. The van der Waals surface area contributed by atoms with E-state index in [-0.39, 0.29) is 0 Å². The van der Waals surface area contributed by atoms with E-state index >= 15 is 0 Å². The molecule has 0 spiro atoms. The van der Waals surface area contributed by atoms with Crippen LogP contribution >= 0.6 is 0 Å². The summed E-state index contributed by atoms with van der Waals surface area (Å²) >= 11 is 0. The maximum absolute atomic E-state index is 5.78. The Balaban J connectivity index is 2.99. The first kappa shape index (κ1) is 12.1. The molecule has 84 valence electrons. The van der Waals surface area contributed by atoms with E-state index in [1.807, 2.05) is 0 Å². The van der Waals surface area contributed by atoms with Crippen molar-refractivity contribution in [3.8, 4) is 0 Å². The van der Waals surface area contributed by atoms with Crippen LogP contribution in [0.3, 0.4) is 0 Å². The van der Waals surface area contributed by atoms with Crippen LogP contribution in [0.25, 0.3) is 0 Å². The summed E-state index contributed by atoms with van der Waals surface area (Å²) in [5.41, 5.74) is 9.62. The maximum Gasteiger partial charge on any atom is 0.0411 e. The van der Waals surface area contributed by atoms with Gasteiger partial charge in [-0.3, -0.25) is 0 Å². The molecule has 1 rings (SSSR count). The second kappa shape index (κ2) is 5.76. The van der Waals surface area contributed by atoms with Crippen molar-refractivity contribution in [3.05, 3.63) is 29.3 Å². The van der Waals surface area contributed by atoms with Crippen LogP contribution in [-0.4, -0.2) is 13.1 Å². The summed E-state index contributed by atoms with van der Waals surface area (Å²) in [5.74, 6) is 0. The third kappa shape index (κ3) is 2.96. The minimum atomic E-state index is 0.622. The summed E-state index contributed by atoms with van der Waals surface area (Å²) in [6.07, 6.45) is 1.17. The van der Waals surface area contributed by atoms with Gasteiger partial charge < -0.3 is 10.6 Å². The van der Waals surface area contributed by atoms with E-state index in [0.29, 0.717) is 6.54 Å². The lowest BCUT2D eigenvalue weighted by Crippen LogP contribution is -2.25. The zero-order valence-electron chi connectivity index (χ0n) is 10.1. The molecule has 0 saturated carbocycles. The smallest absolute Gasteiger partial charge is 0.0411 e. The molecule has 1 aromatic carbocycles. The molecule has 0 aromatic heterocycles. The van der Waals surface area contributed by atoms with E-state index in [1.165, 1.54) is 23.2 Å². The molecule has 0 fully saturated rings. The molecule has 0 aliphatic carbocycles. The van der Waals surface area contributed by atoms with Crippen molar-refractivity contribution in [2.45, 2.75) is 33.7 Å². The van der Waals surface area contributed by atoms with Crippen LogP contribution in [0.5, 0.6) is 0 Å². The lowest BCUT2D eigenvalue weighted by Gasteiger charge is -2.25.